The second-order valence-corrected chi connectivity index (χ2v) is 7.97. The highest BCUT2D eigenvalue weighted by Gasteiger charge is 1.97. The van der Waals surface area contributed by atoms with Gasteiger partial charge < -0.3 is 9.84 Å². The molecule has 0 saturated carbocycles. The fourth-order valence-corrected chi connectivity index (χ4v) is 3.48. The van der Waals surface area contributed by atoms with Crippen molar-refractivity contribution in [1.82, 2.24) is 0 Å². The van der Waals surface area contributed by atoms with Gasteiger partial charge in [0.25, 0.3) is 0 Å². The van der Waals surface area contributed by atoms with E-state index >= 15 is 0 Å². The summed E-state index contributed by atoms with van der Waals surface area (Å²) in [6, 6.07) is 6.00. The molecule has 160 valence electrons. The van der Waals surface area contributed by atoms with Crippen LogP contribution in [0.1, 0.15) is 110 Å². The molecule has 0 spiro atoms. The minimum Gasteiger partial charge on any atom is -0.504 e. The Bertz CT molecular complexity index is 542. The second-order valence-electron chi connectivity index (χ2n) is 7.97. The van der Waals surface area contributed by atoms with Crippen LogP contribution in [0.4, 0.5) is 0 Å². The topological polar surface area (TPSA) is 46.5 Å². The predicted octanol–water partition coefficient (Wildman–Crippen LogP) is 7.39. The lowest BCUT2D eigenvalue weighted by Gasteiger charge is -2.05. The van der Waals surface area contributed by atoms with E-state index in [1.807, 2.05) is 0 Å². The fraction of sp³-hybridized carbons (Fsp3) is 0.720. The Balaban J connectivity index is 1.82. The zero-order chi connectivity index (χ0) is 20.3. The summed E-state index contributed by atoms with van der Waals surface area (Å²) in [5, 5.41) is 9.36. The van der Waals surface area contributed by atoms with Crippen LogP contribution in [0.5, 0.6) is 11.5 Å². The van der Waals surface area contributed by atoms with Crippen LogP contribution in [0, 0.1) is 0 Å². The van der Waals surface area contributed by atoms with Gasteiger partial charge in [0.15, 0.2) is 5.75 Å². The van der Waals surface area contributed by atoms with E-state index in [1.165, 1.54) is 108 Å². The lowest BCUT2D eigenvalue weighted by Crippen LogP contribution is -1.96. The van der Waals surface area contributed by atoms with Gasteiger partial charge >= 0.3 is 0 Å². The number of unbranched alkanes of at least 4 members (excludes halogenated alkanes) is 15. The van der Waals surface area contributed by atoms with Gasteiger partial charge in [-0.2, -0.15) is 0 Å². The molecule has 1 aromatic rings. The Hall–Kier alpha value is -1.51. The lowest BCUT2D eigenvalue weighted by molar-refractivity contribution is 0.304. The normalized spacial score (nSPS) is 10.9. The van der Waals surface area contributed by atoms with Crippen LogP contribution in [-0.2, 0) is 0 Å². The highest BCUT2D eigenvalue weighted by Crippen LogP contribution is 2.14. The van der Waals surface area contributed by atoms with Crippen molar-refractivity contribution in [3.05, 3.63) is 34.5 Å². The smallest absolute Gasteiger partial charge is 0.220 e. The number of hydrogen-bond donors (Lipinski definition) is 1. The van der Waals surface area contributed by atoms with Crippen LogP contribution in [0.3, 0.4) is 0 Å². The first kappa shape index (κ1) is 24.5. The molecule has 0 atom stereocenters. The van der Waals surface area contributed by atoms with Crippen LogP contribution in [-0.4, -0.2) is 11.7 Å². The molecule has 0 aliphatic heterocycles. The molecule has 0 aromatic heterocycles. The van der Waals surface area contributed by atoms with Crippen LogP contribution in [0.25, 0.3) is 0 Å². The summed E-state index contributed by atoms with van der Waals surface area (Å²) < 4.78 is 5.65. The molecule has 1 aromatic carbocycles. The van der Waals surface area contributed by atoms with Gasteiger partial charge in [-0.1, -0.05) is 103 Å². The Morgan fingerprint density at radius 3 is 1.57 bits per heavy atom. The van der Waals surface area contributed by atoms with Crippen molar-refractivity contribution in [3.63, 3.8) is 0 Å². The van der Waals surface area contributed by atoms with Crippen molar-refractivity contribution in [1.29, 1.82) is 0 Å². The Morgan fingerprint density at radius 2 is 1.07 bits per heavy atom. The van der Waals surface area contributed by atoms with E-state index in [1.54, 1.807) is 12.1 Å². The lowest BCUT2D eigenvalue weighted by atomic mass is 10.0. The average molecular weight is 391 g/mol. The SMILES string of the molecule is CCCCCCCCCCCCCCCCCCOc1ccc(O)c(=O)cc1. The van der Waals surface area contributed by atoms with Crippen molar-refractivity contribution < 1.29 is 9.84 Å². The third kappa shape index (κ3) is 13.6. The predicted molar refractivity (Wildman–Crippen MR) is 119 cm³/mol. The maximum Gasteiger partial charge on any atom is 0.220 e. The van der Waals surface area contributed by atoms with Gasteiger partial charge in [0, 0.05) is 0 Å². The Kier molecular flexibility index (Phi) is 15.4. The van der Waals surface area contributed by atoms with Gasteiger partial charge in [0.1, 0.15) is 5.75 Å². The molecular weight excluding hydrogens is 348 g/mol. The van der Waals surface area contributed by atoms with Gasteiger partial charge in [0.2, 0.25) is 5.43 Å². The summed E-state index contributed by atoms with van der Waals surface area (Å²) in [6.45, 7) is 2.94. The molecule has 0 fully saturated rings. The van der Waals surface area contributed by atoms with Crippen molar-refractivity contribution in [2.45, 2.75) is 110 Å². The van der Waals surface area contributed by atoms with Gasteiger partial charge in [0.05, 0.1) is 6.61 Å². The highest BCUT2D eigenvalue weighted by atomic mass is 16.5. The number of aromatic hydroxyl groups is 1. The summed E-state index contributed by atoms with van der Waals surface area (Å²) in [5.74, 6) is 0.399. The minimum absolute atomic E-state index is 0.239. The third-order valence-corrected chi connectivity index (χ3v) is 5.32. The summed E-state index contributed by atoms with van der Waals surface area (Å²) >= 11 is 0. The molecule has 3 heteroatoms. The van der Waals surface area contributed by atoms with Gasteiger partial charge in [-0.3, -0.25) is 4.79 Å². The maximum absolute atomic E-state index is 11.3. The molecule has 0 aliphatic rings. The molecule has 1 N–H and O–H groups in total. The van der Waals surface area contributed by atoms with Gasteiger partial charge in [-0.25, -0.2) is 0 Å². The van der Waals surface area contributed by atoms with E-state index in [9.17, 15) is 9.90 Å². The van der Waals surface area contributed by atoms with E-state index in [0.29, 0.717) is 12.4 Å². The van der Waals surface area contributed by atoms with E-state index in [-0.39, 0.29) is 11.2 Å². The maximum atomic E-state index is 11.3. The molecular formula is C25H42O3. The van der Waals surface area contributed by atoms with E-state index in [2.05, 4.69) is 6.92 Å². The molecule has 0 unspecified atom stereocenters. The number of hydrogen-bond acceptors (Lipinski definition) is 3. The van der Waals surface area contributed by atoms with E-state index in [4.69, 9.17) is 4.74 Å². The molecule has 0 saturated heterocycles. The summed E-state index contributed by atoms with van der Waals surface area (Å²) in [5.41, 5.74) is -0.378. The largest absolute Gasteiger partial charge is 0.504 e. The van der Waals surface area contributed by atoms with Crippen LogP contribution in [0.15, 0.2) is 29.1 Å². The fourth-order valence-electron chi connectivity index (χ4n) is 3.48. The Labute approximate surface area is 172 Å². The first-order valence-corrected chi connectivity index (χ1v) is 11.7. The minimum atomic E-state index is -0.378. The van der Waals surface area contributed by atoms with E-state index < -0.39 is 0 Å². The quantitative estimate of drug-likeness (QED) is 0.266. The monoisotopic (exact) mass is 390 g/mol. The summed E-state index contributed by atoms with van der Waals surface area (Å²) in [6.07, 6.45) is 21.7. The molecule has 0 radical (unpaired) electrons. The average Bonchev–Trinajstić information content (AvgIpc) is 2.86. The number of rotatable bonds is 18. The molecule has 28 heavy (non-hydrogen) atoms. The number of ether oxygens (including phenoxy) is 1. The molecule has 0 bridgehead atoms. The van der Waals surface area contributed by atoms with Gasteiger partial charge in [-0.05, 0) is 30.7 Å². The first-order valence-electron chi connectivity index (χ1n) is 11.7. The highest BCUT2D eigenvalue weighted by molar-refractivity contribution is 5.27. The second kappa shape index (κ2) is 17.6. The van der Waals surface area contributed by atoms with Crippen LogP contribution in [0.2, 0.25) is 0 Å². The van der Waals surface area contributed by atoms with Crippen LogP contribution >= 0.6 is 0 Å². The van der Waals surface area contributed by atoms with E-state index in [0.717, 1.165) is 6.42 Å². The van der Waals surface area contributed by atoms with Crippen LogP contribution < -0.4 is 10.2 Å². The van der Waals surface area contributed by atoms with Crippen molar-refractivity contribution in [2.24, 2.45) is 0 Å². The third-order valence-electron chi connectivity index (χ3n) is 5.32. The van der Waals surface area contributed by atoms with Crippen molar-refractivity contribution >= 4 is 0 Å². The molecule has 0 aliphatic carbocycles. The summed E-state index contributed by atoms with van der Waals surface area (Å²) in [7, 11) is 0. The van der Waals surface area contributed by atoms with Crippen molar-refractivity contribution in [2.75, 3.05) is 6.61 Å². The molecule has 0 heterocycles. The zero-order valence-corrected chi connectivity index (χ0v) is 18.1. The zero-order valence-electron chi connectivity index (χ0n) is 18.1. The Morgan fingerprint density at radius 1 is 0.643 bits per heavy atom. The van der Waals surface area contributed by atoms with Crippen molar-refractivity contribution in [3.8, 4) is 11.5 Å². The molecule has 1 rings (SSSR count). The summed E-state index contributed by atoms with van der Waals surface area (Å²) in [4.78, 5) is 11.3. The first-order chi connectivity index (χ1) is 13.7. The molecule has 3 nitrogen and oxygen atoms in total. The standard InChI is InChI=1S/C25H42O3/c1-2-3-4-5-6-7-8-9-10-11-12-13-14-15-16-17-22-28-23-18-20-24(26)25(27)21-19-23/h18-21H,2-17,22H2,1H3,(H,26,27). The molecule has 0 amide bonds. The van der Waals surface area contributed by atoms with Gasteiger partial charge in [-0.15, -0.1) is 0 Å².